The van der Waals surface area contributed by atoms with E-state index in [-0.39, 0.29) is 5.56 Å². The van der Waals surface area contributed by atoms with E-state index in [1.54, 1.807) is 23.0 Å². The number of aryl methyl sites for hydroxylation is 1. The van der Waals surface area contributed by atoms with Crippen LogP contribution in [0.1, 0.15) is 18.5 Å². The van der Waals surface area contributed by atoms with Crippen molar-refractivity contribution in [2.75, 3.05) is 37.0 Å². The van der Waals surface area contributed by atoms with Gasteiger partial charge in [0.25, 0.3) is 5.56 Å². The molecular formula is C17H24N6O. The van der Waals surface area contributed by atoms with Crippen molar-refractivity contribution in [2.24, 2.45) is 5.92 Å². The zero-order valence-corrected chi connectivity index (χ0v) is 14.5. The summed E-state index contributed by atoms with van der Waals surface area (Å²) in [5, 5.41) is 4.34. The van der Waals surface area contributed by atoms with Gasteiger partial charge in [0.05, 0.1) is 5.69 Å². The van der Waals surface area contributed by atoms with E-state index in [0.717, 1.165) is 43.4 Å². The van der Waals surface area contributed by atoms with Gasteiger partial charge in [-0.3, -0.25) is 4.79 Å². The zero-order chi connectivity index (χ0) is 17.1. The molecule has 0 atom stereocenters. The van der Waals surface area contributed by atoms with Crippen molar-refractivity contribution in [1.29, 1.82) is 0 Å². The molecule has 3 rings (SSSR count). The van der Waals surface area contributed by atoms with Gasteiger partial charge in [0.1, 0.15) is 5.82 Å². The van der Waals surface area contributed by atoms with Crippen molar-refractivity contribution < 1.29 is 0 Å². The first kappa shape index (κ1) is 16.4. The Bertz CT molecular complexity index is 749. The second-order valence-electron chi connectivity index (χ2n) is 6.53. The predicted molar refractivity (Wildman–Crippen MR) is 94.5 cm³/mol. The first-order valence-corrected chi connectivity index (χ1v) is 8.33. The lowest BCUT2D eigenvalue weighted by atomic mass is 9.97. The van der Waals surface area contributed by atoms with Gasteiger partial charge in [0, 0.05) is 46.0 Å². The fraction of sp³-hybridized carbons (Fsp3) is 0.529. The Hall–Kier alpha value is -2.44. The summed E-state index contributed by atoms with van der Waals surface area (Å²) >= 11 is 0. The van der Waals surface area contributed by atoms with Gasteiger partial charge in [-0.15, -0.1) is 0 Å². The Morgan fingerprint density at radius 2 is 1.96 bits per heavy atom. The molecule has 0 aromatic carbocycles. The van der Waals surface area contributed by atoms with Crippen LogP contribution in [0.5, 0.6) is 0 Å². The van der Waals surface area contributed by atoms with Crippen LogP contribution in [0.2, 0.25) is 0 Å². The minimum atomic E-state index is -0.0190. The molecule has 0 N–H and O–H groups in total. The summed E-state index contributed by atoms with van der Waals surface area (Å²) in [7, 11) is 3.88. The molecular weight excluding hydrogens is 304 g/mol. The van der Waals surface area contributed by atoms with Crippen LogP contribution in [0.4, 0.5) is 11.8 Å². The van der Waals surface area contributed by atoms with E-state index in [9.17, 15) is 4.79 Å². The molecule has 7 nitrogen and oxygen atoms in total. The van der Waals surface area contributed by atoms with Crippen LogP contribution >= 0.6 is 0 Å². The molecule has 0 bridgehead atoms. The zero-order valence-electron chi connectivity index (χ0n) is 14.5. The van der Waals surface area contributed by atoms with Crippen molar-refractivity contribution in [2.45, 2.75) is 26.3 Å². The van der Waals surface area contributed by atoms with E-state index in [1.807, 2.05) is 32.0 Å². The average Bonchev–Trinajstić information content (AvgIpc) is 2.59. The van der Waals surface area contributed by atoms with E-state index < -0.39 is 0 Å². The Morgan fingerprint density at radius 1 is 1.21 bits per heavy atom. The average molecular weight is 328 g/mol. The van der Waals surface area contributed by atoms with Gasteiger partial charge < -0.3 is 9.80 Å². The molecule has 0 radical (unpaired) electrons. The van der Waals surface area contributed by atoms with Crippen molar-refractivity contribution in [1.82, 2.24) is 19.7 Å². The molecule has 1 aliphatic heterocycles. The molecule has 0 spiro atoms. The number of hydrogen-bond acceptors (Lipinski definition) is 6. The first-order chi connectivity index (χ1) is 11.5. The second-order valence-corrected chi connectivity index (χ2v) is 6.53. The SMILES string of the molecule is Cc1ccc(=O)n(CC2CCN(c3ccnc(N(C)C)n3)CC2)n1. The van der Waals surface area contributed by atoms with Crippen LogP contribution < -0.4 is 15.4 Å². The van der Waals surface area contributed by atoms with E-state index in [0.29, 0.717) is 12.5 Å². The molecule has 7 heteroatoms. The van der Waals surface area contributed by atoms with Crippen LogP contribution in [-0.2, 0) is 6.54 Å². The van der Waals surface area contributed by atoms with E-state index >= 15 is 0 Å². The summed E-state index contributed by atoms with van der Waals surface area (Å²) in [5.41, 5.74) is 0.860. The minimum absolute atomic E-state index is 0.0190. The summed E-state index contributed by atoms with van der Waals surface area (Å²) in [5.74, 6) is 2.17. The molecule has 0 unspecified atom stereocenters. The van der Waals surface area contributed by atoms with Gasteiger partial charge in [0.15, 0.2) is 0 Å². The Balaban J connectivity index is 1.62. The Morgan fingerprint density at radius 3 is 2.67 bits per heavy atom. The summed E-state index contributed by atoms with van der Waals surface area (Å²) in [4.78, 5) is 25.0. The maximum atomic E-state index is 11.9. The number of piperidine rings is 1. The van der Waals surface area contributed by atoms with Gasteiger partial charge in [0.2, 0.25) is 5.95 Å². The van der Waals surface area contributed by atoms with Crippen molar-refractivity contribution in [3.63, 3.8) is 0 Å². The lowest BCUT2D eigenvalue weighted by molar-refractivity contribution is 0.333. The molecule has 2 aromatic heterocycles. The highest BCUT2D eigenvalue weighted by atomic mass is 16.1. The van der Waals surface area contributed by atoms with Gasteiger partial charge in [-0.2, -0.15) is 10.1 Å². The third-order valence-corrected chi connectivity index (χ3v) is 4.40. The molecule has 24 heavy (non-hydrogen) atoms. The molecule has 3 heterocycles. The molecule has 0 saturated carbocycles. The number of anilines is 2. The van der Waals surface area contributed by atoms with Gasteiger partial charge in [-0.05, 0) is 37.8 Å². The smallest absolute Gasteiger partial charge is 0.266 e. The van der Waals surface area contributed by atoms with E-state index in [2.05, 4.69) is 20.0 Å². The highest BCUT2D eigenvalue weighted by molar-refractivity contribution is 5.43. The van der Waals surface area contributed by atoms with Gasteiger partial charge in [-0.1, -0.05) is 0 Å². The van der Waals surface area contributed by atoms with E-state index in [4.69, 9.17) is 0 Å². The minimum Gasteiger partial charge on any atom is -0.356 e. The maximum absolute atomic E-state index is 11.9. The van der Waals surface area contributed by atoms with Crippen molar-refractivity contribution in [3.05, 3.63) is 40.4 Å². The van der Waals surface area contributed by atoms with Crippen LogP contribution in [-0.4, -0.2) is 46.9 Å². The molecule has 2 aromatic rings. The number of rotatable bonds is 4. The molecule has 1 fully saturated rings. The third kappa shape index (κ3) is 3.72. The maximum Gasteiger partial charge on any atom is 0.266 e. The standard InChI is InChI=1S/C17H24N6O/c1-13-4-5-16(24)23(20-13)12-14-7-10-22(11-8-14)15-6-9-18-17(19-15)21(2)3/h4-6,9,14H,7-8,10-12H2,1-3H3. The lowest BCUT2D eigenvalue weighted by Gasteiger charge is -2.33. The number of hydrogen-bond donors (Lipinski definition) is 0. The molecule has 1 saturated heterocycles. The Labute approximate surface area is 142 Å². The Kier molecular flexibility index (Phi) is 4.78. The topological polar surface area (TPSA) is 67.2 Å². The van der Waals surface area contributed by atoms with Crippen molar-refractivity contribution in [3.8, 4) is 0 Å². The fourth-order valence-corrected chi connectivity index (χ4v) is 3.00. The summed E-state index contributed by atoms with van der Waals surface area (Å²) in [6.07, 6.45) is 3.87. The summed E-state index contributed by atoms with van der Waals surface area (Å²) in [6.45, 7) is 4.49. The van der Waals surface area contributed by atoms with Crippen LogP contribution in [0.3, 0.4) is 0 Å². The second kappa shape index (κ2) is 6.98. The number of nitrogens with zero attached hydrogens (tertiary/aromatic N) is 6. The van der Waals surface area contributed by atoms with Crippen LogP contribution in [0, 0.1) is 12.8 Å². The highest BCUT2D eigenvalue weighted by Gasteiger charge is 2.21. The van der Waals surface area contributed by atoms with E-state index in [1.165, 1.54) is 0 Å². The van der Waals surface area contributed by atoms with Crippen molar-refractivity contribution >= 4 is 11.8 Å². The quantitative estimate of drug-likeness (QED) is 0.843. The highest BCUT2D eigenvalue weighted by Crippen LogP contribution is 2.23. The molecule has 1 aliphatic rings. The van der Waals surface area contributed by atoms with Crippen LogP contribution in [0.15, 0.2) is 29.2 Å². The molecule has 0 amide bonds. The normalized spacial score (nSPS) is 15.5. The fourth-order valence-electron chi connectivity index (χ4n) is 3.00. The third-order valence-electron chi connectivity index (χ3n) is 4.40. The van der Waals surface area contributed by atoms with Crippen LogP contribution in [0.25, 0.3) is 0 Å². The number of aromatic nitrogens is 4. The molecule has 0 aliphatic carbocycles. The summed E-state index contributed by atoms with van der Waals surface area (Å²) in [6, 6.07) is 5.32. The molecule has 128 valence electrons. The first-order valence-electron chi connectivity index (χ1n) is 8.33. The largest absolute Gasteiger partial charge is 0.356 e. The van der Waals surface area contributed by atoms with Gasteiger partial charge in [-0.25, -0.2) is 9.67 Å². The summed E-state index contributed by atoms with van der Waals surface area (Å²) < 4.78 is 1.60. The predicted octanol–water partition coefficient (Wildman–Crippen LogP) is 1.32. The monoisotopic (exact) mass is 328 g/mol. The lowest BCUT2D eigenvalue weighted by Crippen LogP contribution is -2.37. The van der Waals surface area contributed by atoms with Gasteiger partial charge >= 0.3 is 0 Å².